The molecule has 0 heterocycles. The van der Waals surface area contributed by atoms with Gasteiger partial charge in [0, 0.05) is 37.0 Å². The average molecular weight is 488 g/mol. The number of hydrogen-bond acceptors (Lipinski definition) is 8. The van der Waals surface area contributed by atoms with Crippen molar-refractivity contribution in [3.8, 4) is 0 Å². The average Bonchev–Trinajstić information content (AvgIpc) is 2.77. The molecule has 0 aromatic heterocycles. The standard InChI is InChI=1S/C25H45NO8/c1-18(2)22(27)7-10-32-15-21(16-33-11-8-23(28)19(3)4)26-25(30)9-12-31-13-14-34-17-24(29)20(5)6/h18-21H,7-17H2,1-6H3,(H,26,30). The van der Waals surface area contributed by atoms with E-state index in [0.717, 1.165) is 0 Å². The predicted molar refractivity (Wildman–Crippen MR) is 129 cm³/mol. The van der Waals surface area contributed by atoms with Gasteiger partial charge in [-0.25, -0.2) is 0 Å². The molecule has 9 heteroatoms. The minimum Gasteiger partial charge on any atom is -0.379 e. The summed E-state index contributed by atoms with van der Waals surface area (Å²) in [6.45, 7) is 12.8. The summed E-state index contributed by atoms with van der Waals surface area (Å²) >= 11 is 0. The summed E-state index contributed by atoms with van der Waals surface area (Å²) in [7, 11) is 0. The smallest absolute Gasteiger partial charge is 0.222 e. The lowest BCUT2D eigenvalue weighted by Crippen LogP contribution is -2.42. The summed E-state index contributed by atoms with van der Waals surface area (Å²) in [6, 6.07) is -0.402. The maximum absolute atomic E-state index is 12.3. The molecule has 0 saturated heterocycles. The minimum atomic E-state index is -0.402. The molecule has 0 unspecified atom stereocenters. The van der Waals surface area contributed by atoms with E-state index in [1.807, 2.05) is 41.5 Å². The second-order valence-electron chi connectivity index (χ2n) is 9.19. The molecule has 0 aromatic rings. The fourth-order valence-electron chi connectivity index (χ4n) is 2.53. The summed E-state index contributed by atoms with van der Waals surface area (Å²) in [4.78, 5) is 47.2. The van der Waals surface area contributed by atoms with Gasteiger partial charge < -0.3 is 24.3 Å². The van der Waals surface area contributed by atoms with Crippen molar-refractivity contribution in [2.75, 3.05) is 52.9 Å². The number of nitrogens with one attached hydrogen (secondary N) is 1. The molecule has 0 rings (SSSR count). The van der Waals surface area contributed by atoms with Gasteiger partial charge in [0.15, 0.2) is 5.78 Å². The van der Waals surface area contributed by atoms with Crippen LogP contribution in [0.25, 0.3) is 0 Å². The highest BCUT2D eigenvalue weighted by Gasteiger charge is 2.15. The van der Waals surface area contributed by atoms with Crippen LogP contribution in [0, 0.1) is 17.8 Å². The van der Waals surface area contributed by atoms with Gasteiger partial charge in [-0.15, -0.1) is 0 Å². The molecule has 0 aliphatic carbocycles. The van der Waals surface area contributed by atoms with E-state index in [4.69, 9.17) is 18.9 Å². The first-order valence-corrected chi connectivity index (χ1v) is 12.2. The molecule has 0 saturated carbocycles. The first kappa shape index (κ1) is 32.3. The van der Waals surface area contributed by atoms with Crippen LogP contribution in [0.1, 0.15) is 60.8 Å². The molecule has 0 spiro atoms. The van der Waals surface area contributed by atoms with Crippen molar-refractivity contribution in [3.05, 3.63) is 0 Å². The number of rotatable bonds is 22. The Hall–Kier alpha value is -1.68. The molecule has 0 aromatic carbocycles. The third kappa shape index (κ3) is 17.8. The maximum Gasteiger partial charge on any atom is 0.222 e. The summed E-state index contributed by atoms with van der Waals surface area (Å²) in [5.41, 5.74) is 0. The monoisotopic (exact) mass is 487 g/mol. The molecule has 0 fully saturated rings. The highest BCUT2D eigenvalue weighted by atomic mass is 16.5. The summed E-state index contributed by atoms with van der Waals surface area (Å²) < 4.78 is 21.8. The van der Waals surface area contributed by atoms with E-state index in [1.54, 1.807) is 0 Å². The Kier molecular flexibility index (Phi) is 18.6. The van der Waals surface area contributed by atoms with Crippen LogP contribution in [0.2, 0.25) is 0 Å². The molecule has 198 valence electrons. The van der Waals surface area contributed by atoms with E-state index < -0.39 is 6.04 Å². The normalized spacial score (nSPS) is 11.6. The molecular weight excluding hydrogens is 442 g/mol. The molecule has 0 aliphatic rings. The summed E-state index contributed by atoms with van der Waals surface area (Å²) in [6.07, 6.45) is 0.792. The van der Waals surface area contributed by atoms with Crippen LogP contribution >= 0.6 is 0 Å². The molecule has 0 radical (unpaired) electrons. The van der Waals surface area contributed by atoms with Crippen molar-refractivity contribution in [2.45, 2.75) is 66.8 Å². The van der Waals surface area contributed by atoms with Gasteiger partial charge >= 0.3 is 0 Å². The highest BCUT2D eigenvalue weighted by molar-refractivity contribution is 5.81. The molecule has 34 heavy (non-hydrogen) atoms. The number of ketones is 3. The van der Waals surface area contributed by atoms with Crippen LogP contribution in [0.5, 0.6) is 0 Å². The van der Waals surface area contributed by atoms with Gasteiger partial charge in [-0.2, -0.15) is 0 Å². The first-order chi connectivity index (χ1) is 16.0. The zero-order valence-electron chi connectivity index (χ0n) is 21.9. The number of ether oxygens (including phenoxy) is 4. The maximum atomic E-state index is 12.3. The van der Waals surface area contributed by atoms with Crippen LogP contribution in [0.4, 0.5) is 0 Å². The van der Waals surface area contributed by atoms with E-state index >= 15 is 0 Å². The molecular formula is C25H45NO8. The lowest BCUT2D eigenvalue weighted by molar-refractivity contribution is -0.127. The molecule has 9 nitrogen and oxygen atoms in total. The van der Waals surface area contributed by atoms with Crippen LogP contribution in [-0.2, 0) is 38.1 Å². The quantitative estimate of drug-likeness (QED) is 0.231. The van der Waals surface area contributed by atoms with Crippen molar-refractivity contribution in [1.82, 2.24) is 5.32 Å². The number of amides is 1. The molecule has 0 atom stereocenters. The summed E-state index contributed by atoms with van der Waals surface area (Å²) in [5.74, 6) is -0.0694. The van der Waals surface area contributed by atoms with Gasteiger partial charge in [0.05, 0.1) is 52.3 Å². The zero-order valence-corrected chi connectivity index (χ0v) is 21.9. The molecule has 1 N–H and O–H groups in total. The number of Topliss-reactive ketones (excluding diaryl/α,β-unsaturated/α-hetero) is 3. The second kappa shape index (κ2) is 19.6. The topological polar surface area (TPSA) is 117 Å². The van der Waals surface area contributed by atoms with Crippen molar-refractivity contribution in [1.29, 1.82) is 0 Å². The van der Waals surface area contributed by atoms with Crippen LogP contribution in [-0.4, -0.2) is 82.2 Å². The Balaban J connectivity index is 4.27. The van der Waals surface area contributed by atoms with Crippen LogP contribution < -0.4 is 5.32 Å². The third-order valence-electron chi connectivity index (χ3n) is 5.01. The molecule has 0 bridgehead atoms. The Morgan fingerprint density at radius 3 is 1.47 bits per heavy atom. The van der Waals surface area contributed by atoms with Gasteiger partial charge in [-0.05, 0) is 0 Å². The van der Waals surface area contributed by atoms with E-state index in [-0.39, 0.29) is 93.7 Å². The fourth-order valence-corrected chi connectivity index (χ4v) is 2.53. The highest BCUT2D eigenvalue weighted by Crippen LogP contribution is 2.02. The Labute approximate surface area is 204 Å². The fraction of sp³-hybridized carbons (Fsp3) is 0.840. The van der Waals surface area contributed by atoms with E-state index in [2.05, 4.69) is 5.32 Å². The summed E-state index contributed by atoms with van der Waals surface area (Å²) in [5, 5.41) is 2.85. The lowest BCUT2D eigenvalue weighted by atomic mass is 10.1. The van der Waals surface area contributed by atoms with Gasteiger partial charge in [0.2, 0.25) is 5.91 Å². The molecule has 1 amide bonds. The van der Waals surface area contributed by atoms with Gasteiger partial charge in [0.25, 0.3) is 0 Å². The van der Waals surface area contributed by atoms with Crippen molar-refractivity contribution < 1.29 is 38.1 Å². The van der Waals surface area contributed by atoms with Gasteiger partial charge in [-0.3, -0.25) is 19.2 Å². The second-order valence-corrected chi connectivity index (χ2v) is 9.19. The SMILES string of the molecule is CC(C)C(=O)CCOCC(COCCC(=O)C(C)C)NC(=O)CCOCCOCC(=O)C(C)C. The van der Waals surface area contributed by atoms with Gasteiger partial charge in [0.1, 0.15) is 18.2 Å². The van der Waals surface area contributed by atoms with Crippen molar-refractivity contribution in [3.63, 3.8) is 0 Å². The van der Waals surface area contributed by atoms with E-state index in [9.17, 15) is 19.2 Å². The molecule has 0 aliphatic heterocycles. The first-order valence-electron chi connectivity index (χ1n) is 12.2. The van der Waals surface area contributed by atoms with Crippen LogP contribution in [0.3, 0.4) is 0 Å². The van der Waals surface area contributed by atoms with E-state index in [0.29, 0.717) is 19.4 Å². The van der Waals surface area contributed by atoms with Crippen molar-refractivity contribution >= 4 is 23.3 Å². The number of hydrogen-bond donors (Lipinski definition) is 1. The Morgan fingerprint density at radius 2 is 1.00 bits per heavy atom. The van der Waals surface area contributed by atoms with Crippen LogP contribution in [0.15, 0.2) is 0 Å². The Morgan fingerprint density at radius 1 is 0.559 bits per heavy atom. The lowest BCUT2D eigenvalue weighted by Gasteiger charge is -2.19. The third-order valence-corrected chi connectivity index (χ3v) is 5.01. The Bertz CT molecular complexity index is 576. The van der Waals surface area contributed by atoms with E-state index in [1.165, 1.54) is 0 Å². The minimum absolute atomic E-state index is 0.0389. The largest absolute Gasteiger partial charge is 0.379 e. The number of carbonyl (C=O) groups excluding carboxylic acids is 4. The zero-order chi connectivity index (χ0) is 25.9. The van der Waals surface area contributed by atoms with Gasteiger partial charge in [-0.1, -0.05) is 41.5 Å². The predicted octanol–water partition coefficient (Wildman–Crippen LogP) is 2.38. The number of carbonyl (C=O) groups is 4. The van der Waals surface area contributed by atoms with Crippen molar-refractivity contribution in [2.24, 2.45) is 17.8 Å².